The molecule has 1 unspecified atom stereocenters. The average molecular weight is 254 g/mol. The Balaban J connectivity index is 2.00. The third-order valence-electron chi connectivity index (χ3n) is 2.52. The number of carbonyl (C=O) groups excluding carboxylic acids is 1. The summed E-state index contributed by atoms with van der Waals surface area (Å²) in [5.41, 5.74) is 1.18. The van der Waals surface area contributed by atoms with Gasteiger partial charge in [0.05, 0.1) is 24.0 Å². The Hall–Kier alpha value is -1.39. The number of benzene rings is 1. The van der Waals surface area contributed by atoms with E-state index in [0.717, 1.165) is 5.71 Å². The maximum Gasteiger partial charge on any atom is 0.365 e. The van der Waals surface area contributed by atoms with E-state index in [1.165, 1.54) is 0 Å². The minimum atomic E-state index is -0.492. The quantitative estimate of drug-likeness (QED) is 0.601. The highest BCUT2D eigenvalue weighted by atomic mass is 35.5. The topological polar surface area (TPSA) is 47.9 Å². The van der Waals surface area contributed by atoms with Gasteiger partial charge in [-0.25, -0.2) is 4.79 Å². The van der Waals surface area contributed by atoms with Crippen LogP contribution in [0.15, 0.2) is 29.4 Å². The number of hydrogen-bond acceptors (Lipinski definition) is 4. The van der Waals surface area contributed by atoms with E-state index in [1.807, 2.05) is 6.92 Å². The molecule has 0 amide bonds. The summed E-state index contributed by atoms with van der Waals surface area (Å²) in [6, 6.07) is 6.46. The molecule has 1 aromatic carbocycles. The summed E-state index contributed by atoms with van der Waals surface area (Å²) in [5, 5.41) is 4.39. The highest BCUT2D eigenvalue weighted by Gasteiger charge is 2.19. The van der Waals surface area contributed by atoms with Gasteiger partial charge in [-0.15, -0.1) is 0 Å². The fraction of sp³-hybridized carbons (Fsp3) is 0.333. The molecule has 1 fully saturated rings. The SMILES string of the molecule is CC1OCCC1=NOC(=O)c1ccc(Cl)cc1. The standard InChI is InChI=1S/C12H12ClNO3/c1-8-11(6-7-16-8)14-17-12(15)9-2-4-10(13)5-3-9/h2-5,8H,6-7H2,1H3. The summed E-state index contributed by atoms with van der Waals surface area (Å²) in [5.74, 6) is -0.492. The second-order valence-corrected chi connectivity index (χ2v) is 4.17. The Kier molecular flexibility index (Phi) is 3.76. The highest BCUT2D eigenvalue weighted by Crippen LogP contribution is 2.12. The molecule has 0 saturated carbocycles. The molecule has 0 aliphatic carbocycles. The largest absolute Gasteiger partial charge is 0.372 e. The van der Waals surface area contributed by atoms with Gasteiger partial charge in [-0.05, 0) is 31.2 Å². The van der Waals surface area contributed by atoms with Crippen LogP contribution in [-0.2, 0) is 9.57 Å². The van der Waals surface area contributed by atoms with Gasteiger partial charge < -0.3 is 9.57 Å². The maximum absolute atomic E-state index is 11.6. The minimum Gasteiger partial charge on any atom is -0.372 e. The molecule has 1 aliphatic rings. The van der Waals surface area contributed by atoms with Crippen molar-refractivity contribution in [2.24, 2.45) is 5.16 Å². The maximum atomic E-state index is 11.6. The molecular formula is C12H12ClNO3. The Morgan fingerprint density at radius 2 is 2.18 bits per heavy atom. The van der Waals surface area contributed by atoms with Crippen LogP contribution in [0.4, 0.5) is 0 Å². The predicted octanol–water partition coefficient (Wildman–Crippen LogP) is 2.66. The van der Waals surface area contributed by atoms with Gasteiger partial charge in [0.2, 0.25) is 0 Å². The van der Waals surface area contributed by atoms with Gasteiger partial charge in [-0.1, -0.05) is 16.8 Å². The van der Waals surface area contributed by atoms with E-state index in [1.54, 1.807) is 24.3 Å². The second kappa shape index (κ2) is 5.29. The smallest absolute Gasteiger partial charge is 0.365 e. The zero-order valence-electron chi connectivity index (χ0n) is 9.35. The van der Waals surface area contributed by atoms with E-state index < -0.39 is 5.97 Å². The Morgan fingerprint density at radius 3 is 2.76 bits per heavy atom. The number of carbonyl (C=O) groups is 1. The zero-order chi connectivity index (χ0) is 12.3. The van der Waals surface area contributed by atoms with Gasteiger partial charge in [0.15, 0.2) is 0 Å². The van der Waals surface area contributed by atoms with Crippen LogP contribution < -0.4 is 0 Å². The lowest BCUT2D eigenvalue weighted by molar-refractivity contribution is 0.0511. The molecule has 0 N–H and O–H groups in total. The van der Waals surface area contributed by atoms with Crippen molar-refractivity contribution in [3.05, 3.63) is 34.9 Å². The molecule has 0 spiro atoms. The molecule has 0 bridgehead atoms. The first kappa shape index (κ1) is 12.1. The van der Waals surface area contributed by atoms with Crippen LogP contribution >= 0.6 is 11.6 Å². The first-order valence-corrected chi connectivity index (χ1v) is 5.70. The lowest BCUT2D eigenvalue weighted by Gasteiger charge is -2.02. The molecule has 1 heterocycles. The summed E-state index contributed by atoms with van der Waals surface area (Å²) in [7, 11) is 0. The molecule has 0 aromatic heterocycles. The van der Waals surface area contributed by atoms with Crippen LogP contribution in [-0.4, -0.2) is 24.4 Å². The van der Waals surface area contributed by atoms with E-state index in [0.29, 0.717) is 23.6 Å². The third-order valence-corrected chi connectivity index (χ3v) is 2.77. The van der Waals surface area contributed by atoms with Crippen LogP contribution in [0, 0.1) is 0 Å². The van der Waals surface area contributed by atoms with Crippen molar-refractivity contribution in [1.29, 1.82) is 0 Å². The molecule has 4 nitrogen and oxygen atoms in total. The number of halogens is 1. The van der Waals surface area contributed by atoms with Gasteiger partial charge >= 0.3 is 5.97 Å². The van der Waals surface area contributed by atoms with Crippen LogP contribution in [0.3, 0.4) is 0 Å². The van der Waals surface area contributed by atoms with E-state index >= 15 is 0 Å². The Bertz CT molecular complexity index is 442. The number of rotatable bonds is 2. The summed E-state index contributed by atoms with van der Waals surface area (Å²) < 4.78 is 5.28. The Labute approximate surface area is 104 Å². The van der Waals surface area contributed by atoms with Crippen molar-refractivity contribution < 1.29 is 14.4 Å². The van der Waals surface area contributed by atoms with Crippen molar-refractivity contribution in [2.45, 2.75) is 19.4 Å². The molecule has 90 valence electrons. The molecule has 17 heavy (non-hydrogen) atoms. The number of oxime groups is 1. The van der Waals surface area contributed by atoms with Gasteiger partial charge in [0.25, 0.3) is 0 Å². The zero-order valence-corrected chi connectivity index (χ0v) is 10.1. The van der Waals surface area contributed by atoms with Crippen molar-refractivity contribution in [3.63, 3.8) is 0 Å². The van der Waals surface area contributed by atoms with Crippen LogP contribution in [0.1, 0.15) is 23.7 Å². The van der Waals surface area contributed by atoms with Crippen LogP contribution in [0.25, 0.3) is 0 Å². The number of ether oxygens (including phenoxy) is 1. The van der Waals surface area contributed by atoms with E-state index in [9.17, 15) is 4.79 Å². The van der Waals surface area contributed by atoms with Gasteiger partial charge in [0, 0.05) is 11.4 Å². The summed E-state index contributed by atoms with van der Waals surface area (Å²) >= 11 is 5.72. The molecule has 1 atom stereocenters. The first-order valence-electron chi connectivity index (χ1n) is 5.32. The molecule has 5 heteroatoms. The molecular weight excluding hydrogens is 242 g/mol. The fourth-order valence-corrected chi connectivity index (χ4v) is 1.62. The van der Waals surface area contributed by atoms with Crippen molar-refractivity contribution in [2.75, 3.05) is 6.61 Å². The normalized spacial score (nSPS) is 21.8. The van der Waals surface area contributed by atoms with Gasteiger partial charge in [-0.2, -0.15) is 0 Å². The van der Waals surface area contributed by atoms with E-state index in [-0.39, 0.29) is 6.10 Å². The molecule has 2 rings (SSSR count). The second-order valence-electron chi connectivity index (χ2n) is 3.73. The number of nitrogens with zero attached hydrogens (tertiary/aromatic N) is 1. The molecule has 0 radical (unpaired) electrons. The van der Waals surface area contributed by atoms with Crippen LogP contribution in [0.5, 0.6) is 0 Å². The molecule has 1 aromatic rings. The first-order chi connectivity index (χ1) is 8.16. The van der Waals surface area contributed by atoms with Crippen molar-refractivity contribution in [1.82, 2.24) is 0 Å². The van der Waals surface area contributed by atoms with Crippen molar-refractivity contribution in [3.8, 4) is 0 Å². The lowest BCUT2D eigenvalue weighted by atomic mass is 10.2. The van der Waals surface area contributed by atoms with Gasteiger partial charge in [-0.3, -0.25) is 0 Å². The lowest BCUT2D eigenvalue weighted by Crippen LogP contribution is -2.12. The van der Waals surface area contributed by atoms with Crippen molar-refractivity contribution >= 4 is 23.3 Å². The van der Waals surface area contributed by atoms with E-state index in [2.05, 4.69) is 5.16 Å². The highest BCUT2D eigenvalue weighted by molar-refractivity contribution is 6.30. The monoisotopic (exact) mass is 253 g/mol. The average Bonchev–Trinajstić information content (AvgIpc) is 2.73. The third kappa shape index (κ3) is 3.05. The minimum absolute atomic E-state index is 0.0759. The Morgan fingerprint density at radius 1 is 1.47 bits per heavy atom. The fourth-order valence-electron chi connectivity index (χ4n) is 1.50. The van der Waals surface area contributed by atoms with Crippen LogP contribution in [0.2, 0.25) is 5.02 Å². The molecule has 1 saturated heterocycles. The molecule has 1 aliphatic heterocycles. The predicted molar refractivity (Wildman–Crippen MR) is 64.3 cm³/mol. The summed E-state index contributed by atoms with van der Waals surface area (Å²) in [4.78, 5) is 16.5. The number of hydrogen-bond donors (Lipinski definition) is 0. The summed E-state index contributed by atoms with van der Waals surface area (Å²) in [6.07, 6.45) is 0.628. The summed E-state index contributed by atoms with van der Waals surface area (Å²) in [6.45, 7) is 2.50. The van der Waals surface area contributed by atoms with Gasteiger partial charge in [0.1, 0.15) is 0 Å². The van der Waals surface area contributed by atoms with E-state index in [4.69, 9.17) is 21.2 Å².